The third kappa shape index (κ3) is 2.48. The zero-order valence-corrected chi connectivity index (χ0v) is 14.4. The van der Waals surface area contributed by atoms with E-state index in [-0.39, 0.29) is 5.54 Å². The second kappa shape index (κ2) is 6.26. The molecule has 0 spiro atoms. The Morgan fingerprint density at radius 1 is 1.36 bits per heavy atom. The van der Waals surface area contributed by atoms with Crippen molar-refractivity contribution in [1.82, 2.24) is 9.55 Å². The van der Waals surface area contributed by atoms with E-state index in [9.17, 15) is 0 Å². The van der Waals surface area contributed by atoms with Crippen LogP contribution in [0, 0.1) is 11.3 Å². The molecule has 2 heterocycles. The van der Waals surface area contributed by atoms with Gasteiger partial charge in [-0.05, 0) is 43.4 Å². The van der Waals surface area contributed by atoms with E-state index in [0.717, 1.165) is 23.7 Å². The van der Waals surface area contributed by atoms with Crippen LogP contribution in [0.5, 0.6) is 0 Å². The summed E-state index contributed by atoms with van der Waals surface area (Å²) in [5.74, 6) is 0. The predicted molar refractivity (Wildman–Crippen MR) is 90.6 cm³/mol. The molecule has 0 aliphatic carbocycles. The first kappa shape index (κ1) is 15.3. The molecule has 1 atom stereocenters. The van der Waals surface area contributed by atoms with Crippen molar-refractivity contribution < 1.29 is 0 Å². The highest BCUT2D eigenvalue weighted by Crippen LogP contribution is 2.41. The smallest absolute Gasteiger partial charge is 0.0992 e. The van der Waals surface area contributed by atoms with Gasteiger partial charge in [0.15, 0.2) is 0 Å². The maximum Gasteiger partial charge on any atom is 0.0992 e. The summed E-state index contributed by atoms with van der Waals surface area (Å²) >= 11 is 3.70. The van der Waals surface area contributed by atoms with Gasteiger partial charge in [-0.25, -0.2) is 4.98 Å². The highest BCUT2D eigenvalue weighted by Gasteiger charge is 2.35. The van der Waals surface area contributed by atoms with Crippen LogP contribution in [0.15, 0.2) is 35.2 Å². The summed E-state index contributed by atoms with van der Waals surface area (Å²) in [6.07, 6.45) is 10.9. The van der Waals surface area contributed by atoms with Gasteiger partial charge in [0, 0.05) is 16.4 Å². The SMILES string of the molecule is CCC1(c2ccc(C#N)cc2Br)CCCCCc2cncn21. The lowest BCUT2D eigenvalue weighted by Gasteiger charge is -2.38. The van der Waals surface area contributed by atoms with Crippen LogP contribution < -0.4 is 0 Å². The molecule has 0 bridgehead atoms. The molecule has 0 fully saturated rings. The van der Waals surface area contributed by atoms with Crippen LogP contribution in [-0.2, 0) is 12.0 Å². The molecular weight excluding hydrogens is 338 g/mol. The summed E-state index contributed by atoms with van der Waals surface area (Å²) in [5, 5.41) is 9.11. The van der Waals surface area contributed by atoms with E-state index in [2.05, 4.69) is 44.5 Å². The first-order chi connectivity index (χ1) is 10.7. The maximum absolute atomic E-state index is 9.11. The fraction of sp³-hybridized carbons (Fsp3) is 0.444. The Kier molecular flexibility index (Phi) is 4.35. The average molecular weight is 358 g/mol. The molecule has 1 aromatic heterocycles. The lowest BCUT2D eigenvalue weighted by atomic mass is 9.80. The van der Waals surface area contributed by atoms with E-state index in [4.69, 9.17) is 5.26 Å². The molecule has 1 aliphatic heterocycles. The number of nitrogens with zero attached hydrogens (tertiary/aromatic N) is 3. The molecule has 3 rings (SSSR count). The van der Waals surface area contributed by atoms with Crippen LogP contribution in [0.1, 0.15) is 55.8 Å². The highest BCUT2D eigenvalue weighted by atomic mass is 79.9. The number of fused-ring (bicyclic) bond motifs is 1. The van der Waals surface area contributed by atoms with Crippen molar-refractivity contribution >= 4 is 15.9 Å². The zero-order valence-electron chi connectivity index (χ0n) is 12.8. The maximum atomic E-state index is 9.11. The van der Waals surface area contributed by atoms with Gasteiger partial charge in [0.05, 0.1) is 23.5 Å². The van der Waals surface area contributed by atoms with Crippen molar-refractivity contribution in [2.24, 2.45) is 0 Å². The average Bonchev–Trinajstić information content (AvgIpc) is 2.97. The monoisotopic (exact) mass is 357 g/mol. The molecule has 0 amide bonds. The summed E-state index contributed by atoms with van der Waals surface area (Å²) in [7, 11) is 0. The Bertz CT molecular complexity index is 713. The lowest BCUT2D eigenvalue weighted by molar-refractivity contribution is 0.283. The highest BCUT2D eigenvalue weighted by molar-refractivity contribution is 9.10. The minimum Gasteiger partial charge on any atom is -0.324 e. The molecule has 0 radical (unpaired) electrons. The van der Waals surface area contributed by atoms with Crippen LogP contribution in [0.4, 0.5) is 0 Å². The summed E-state index contributed by atoms with van der Waals surface area (Å²) in [6.45, 7) is 2.25. The van der Waals surface area contributed by atoms with Crippen molar-refractivity contribution in [1.29, 1.82) is 5.26 Å². The van der Waals surface area contributed by atoms with Crippen molar-refractivity contribution in [3.63, 3.8) is 0 Å². The quantitative estimate of drug-likeness (QED) is 0.775. The standard InChI is InChI=1S/C18H20BrN3/c1-2-18(16-8-7-14(11-20)10-17(16)19)9-5-3-4-6-15-12-21-13-22(15)18/h7-8,10,12-13H,2-6,9H2,1H3. The lowest BCUT2D eigenvalue weighted by Crippen LogP contribution is -2.36. The van der Waals surface area contributed by atoms with Crippen LogP contribution in [-0.4, -0.2) is 9.55 Å². The van der Waals surface area contributed by atoms with Crippen LogP contribution in [0.2, 0.25) is 0 Å². The molecule has 4 heteroatoms. The van der Waals surface area contributed by atoms with Crippen molar-refractivity contribution in [2.45, 2.75) is 51.0 Å². The number of hydrogen-bond acceptors (Lipinski definition) is 2. The third-order valence-corrected chi connectivity index (χ3v) is 5.54. The first-order valence-electron chi connectivity index (χ1n) is 7.93. The fourth-order valence-electron chi connectivity index (χ4n) is 3.68. The first-order valence-corrected chi connectivity index (χ1v) is 8.72. The summed E-state index contributed by atoms with van der Waals surface area (Å²) in [6, 6.07) is 8.18. The molecule has 1 unspecified atom stereocenters. The van der Waals surface area contributed by atoms with Gasteiger partial charge in [0.2, 0.25) is 0 Å². The summed E-state index contributed by atoms with van der Waals surface area (Å²) in [5.41, 5.74) is 3.20. The number of aromatic nitrogens is 2. The Hall–Kier alpha value is -1.60. The van der Waals surface area contributed by atoms with E-state index in [1.807, 2.05) is 24.7 Å². The Morgan fingerprint density at radius 2 is 2.23 bits per heavy atom. The van der Waals surface area contributed by atoms with Gasteiger partial charge in [0.1, 0.15) is 0 Å². The molecule has 1 aromatic carbocycles. The molecule has 2 aromatic rings. The number of benzene rings is 1. The molecular formula is C18H20BrN3. The third-order valence-electron chi connectivity index (χ3n) is 4.88. The summed E-state index contributed by atoms with van der Waals surface area (Å²) in [4.78, 5) is 4.41. The van der Waals surface area contributed by atoms with Gasteiger partial charge in [0.25, 0.3) is 0 Å². The molecule has 0 saturated carbocycles. The van der Waals surface area contributed by atoms with Gasteiger partial charge < -0.3 is 4.57 Å². The number of rotatable bonds is 2. The van der Waals surface area contributed by atoms with E-state index in [0.29, 0.717) is 5.56 Å². The van der Waals surface area contributed by atoms with E-state index >= 15 is 0 Å². The van der Waals surface area contributed by atoms with Gasteiger partial charge in [-0.1, -0.05) is 41.8 Å². The predicted octanol–water partition coefficient (Wildman–Crippen LogP) is 4.79. The minimum absolute atomic E-state index is 0.0704. The van der Waals surface area contributed by atoms with Crippen LogP contribution in [0.3, 0.4) is 0 Å². The van der Waals surface area contributed by atoms with Crippen LogP contribution in [0.25, 0.3) is 0 Å². The Balaban J connectivity index is 2.19. The van der Waals surface area contributed by atoms with Crippen molar-refractivity contribution in [2.75, 3.05) is 0 Å². The largest absolute Gasteiger partial charge is 0.324 e. The molecule has 22 heavy (non-hydrogen) atoms. The normalized spacial score (nSPS) is 21.5. The van der Waals surface area contributed by atoms with Crippen molar-refractivity contribution in [3.8, 4) is 6.07 Å². The van der Waals surface area contributed by atoms with E-state index < -0.39 is 0 Å². The fourth-order valence-corrected chi connectivity index (χ4v) is 4.43. The molecule has 114 valence electrons. The minimum atomic E-state index is -0.0704. The zero-order chi connectivity index (χ0) is 15.6. The molecule has 3 nitrogen and oxygen atoms in total. The molecule has 1 aliphatic rings. The Morgan fingerprint density at radius 3 is 2.95 bits per heavy atom. The number of aryl methyl sites for hydroxylation is 1. The summed E-state index contributed by atoms with van der Waals surface area (Å²) < 4.78 is 3.40. The van der Waals surface area contributed by atoms with E-state index in [1.165, 1.54) is 30.5 Å². The molecule has 0 N–H and O–H groups in total. The number of halogens is 1. The topological polar surface area (TPSA) is 41.6 Å². The van der Waals surface area contributed by atoms with E-state index in [1.54, 1.807) is 0 Å². The van der Waals surface area contributed by atoms with Crippen molar-refractivity contribution in [3.05, 3.63) is 52.0 Å². The second-order valence-corrected chi connectivity index (χ2v) is 6.86. The van der Waals surface area contributed by atoms with Gasteiger partial charge >= 0.3 is 0 Å². The number of hydrogen-bond donors (Lipinski definition) is 0. The van der Waals surface area contributed by atoms with Gasteiger partial charge in [-0.15, -0.1) is 0 Å². The number of nitriles is 1. The van der Waals surface area contributed by atoms with Gasteiger partial charge in [-0.3, -0.25) is 0 Å². The molecule has 0 saturated heterocycles. The van der Waals surface area contributed by atoms with Crippen LogP contribution >= 0.6 is 15.9 Å². The van der Waals surface area contributed by atoms with Gasteiger partial charge in [-0.2, -0.15) is 5.26 Å². The second-order valence-electron chi connectivity index (χ2n) is 6.01. The number of imidazole rings is 1. The Labute approximate surface area is 140 Å².